The fraction of sp³-hybridized carbons (Fsp3) is 0.357. The van der Waals surface area contributed by atoms with Crippen LogP contribution in [0.5, 0.6) is 0 Å². The number of nitrogens with one attached hydrogen (secondary N) is 1. The molecule has 1 aliphatic rings. The normalized spacial score (nSPS) is 18.4. The molecule has 2 nitrogen and oxygen atoms in total. The van der Waals surface area contributed by atoms with E-state index in [9.17, 15) is 4.79 Å². The molecule has 0 saturated carbocycles. The second kappa shape index (κ2) is 3.25. The van der Waals surface area contributed by atoms with Gasteiger partial charge < -0.3 is 4.98 Å². The molecule has 0 saturated heterocycles. The molecule has 0 fully saturated rings. The molecule has 0 spiro atoms. The molecule has 0 atom stereocenters. The Bertz CT molecular complexity index is 624. The van der Waals surface area contributed by atoms with E-state index in [-0.39, 0.29) is 11.2 Å². The van der Waals surface area contributed by atoms with Crippen molar-refractivity contribution in [2.75, 3.05) is 0 Å². The fourth-order valence-corrected chi connectivity index (χ4v) is 2.93. The number of carbonyl (C=O) groups excluding carboxylic acids is 1. The van der Waals surface area contributed by atoms with Crippen LogP contribution in [0.1, 0.15) is 36.3 Å². The lowest BCUT2D eigenvalue weighted by atomic mass is 9.76. The number of H-pyrrole nitrogens is 1. The molecule has 86 valence electrons. The average molecular weight is 225 g/mol. The number of benzene rings is 1. The molecule has 1 aliphatic carbocycles. The van der Waals surface area contributed by atoms with E-state index >= 15 is 0 Å². The van der Waals surface area contributed by atoms with Crippen LogP contribution in [0, 0.1) is 5.41 Å². The summed E-state index contributed by atoms with van der Waals surface area (Å²) in [5, 5.41) is 1.10. The average Bonchev–Trinajstić information content (AvgIpc) is 2.55. The first-order chi connectivity index (χ1) is 7.98. The Balaban J connectivity index is 2.32. The molecule has 2 aromatic rings. The molecule has 0 radical (unpaired) electrons. The topological polar surface area (TPSA) is 32.9 Å². The number of hydrogen-bond donors (Lipinski definition) is 1. The number of aromatic nitrogens is 1. The molecule has 3 heteroatoms. The van der Waals surface area contributed by atoms with Crippen LogP contribution in [0.25, 0.3) is 10.9 Å². The molecule has 17 heavy (non-hydrogen) atoms. The van der Waals surface area contributed by atoms with Gasteiger partial charge in [0.1, 0.15) is 7.85 Å². The highest BCUT2D eigenvalue weighted by molar-refractivity contribution is 6.39. The smallest absolute Gasteiger partial charge is 0.165 e. The van der Waals surface area contributed by atoms with Crippen molar-refractivity contribution in [2.45, 2.75) is 26.7 Å². The third kappa shape index (κ3) is 1.53. The summed E-state index contributed by atoms with van der Waals surface area (Å²) in [5.74, 6) is 0.285. The monoisotopic (exact) mass is 225 g/mol. The number of carbonyl (C=O) groups is 1. The Labute approximate surface area is 102 Å². The fourth-order valence-electron chi connectivity index (χ4n) is 2.93. The lowest BCUT2D eigenvalue weighted by Crippen LogP contribution is -2.26. The summed E-state index contributed by atoms with van der Waals surface area (Å²) in [6.45, 7) is 4.32. The molecule has 1 aromatic heterocycles. The van der Waals surface area contributed by atoms with Gasteiger partial charge in [0.05, 0.1) is 0 Å². The van der Waals surface area contributed by atoms with Crippen molar-refractivity contribution in [3.05, 3.63) is 29.5 Å². The number of aromatic amines is 1. The van der Waals surface area contributed by atoms with Crippen molar-refractivity contribution in [3.63, 3.8) is 0 Å². The molecule has 0 aliphatic heterocycles. The van der Waals surface area contributed by atoms with Gasteiger partial charge in [0.15, 0.2) is 5.78 Å². The summed E-state index contributed by atoms with van der Waals surface area (Å²) in [6.07, 6.45) is 1.61. The first-order valence-electron chi connectivity index (χ1n) is 6.11. The van der Waals surface area contributed by atoms with Gasteiger partial charge in [-0.05, 0) is 11.8 Å². The van der Waals surface area contributed by atoms with E-state index in [1.165, 1.54) is 5.46 Å². The second-order valence-electron chi connectivity index (χ2n) is 5.92. The number of ketones is 1. The summed E-state index contributed by atoms with van der Waals surface area (Å²) in [7, 11) is 2.08. The van der Waals surface area contributed by atoms with E-state index in [2.05, 4.69) is 32.7 Å². The first kappa shape index (κ1) is 10.6. The first-order valence-corrected chi connectivity index (χ1v) is 6.11. The van der Waals surface area contributed by atoms with Gasteiger partial charge in [0.25, 0.3) is 0 Å². The predicted molar refractivity (Wildman–Crippen MR) is 72.9 cm³/mol. The Hall–Kier alpha value is -1.51. The number of rotatable bonds is 0. The molecule has 1 N–H and O–H groups in total. The maximum atomic E-state index is 12.3. The van der Waals surface area contributed by atoms with Crippen LogP contribution < -0.4 is 5.46 Å². The van der Waals surface area contributed by atoms with Gasteiger partial charge in [-0.15, -0.1) is 0 Å². The van der Waals surface area contributed by atoms with Crippen LogP contribution >= 0.6 is 0 Å². The van der Waals surface area contributed by atoms with Crippen molar-refractivity contribution in [3.8, 4) is 0 Å². The number of Topliss-reactive ketones (excluding diaryl/α,β-unsaturated/α-hetero) is 1. The molecule has 3 rings (SSSR count). The van der Waals surface area contributed by atoms with Crippen LogP contribution in [-0.4, -0.2) is 18.6 Å². The van der Waals surface area contributed by atoms with E-state index in [4.69, 9.17) is 0 Å². The number of para-hydroxylation sites is 1. The standard InChI is InChI=1S/C14H16BNO/c1-14(2)6-10-12(11(17)7-14)8-4-3-5-9(15)13(8)16-10/h3-5,16H,6-7,15H2,1-2H3. The van der Waals surface area contributed by atoms with Crippen molar-refractivity contribution < 1.29 is 4.79 Å². The van der Waals surface area contributed by atoms with Crippen LogP contribution in [0.3, 0.4) is 0 Å². The maximum absolute atomic E-state index is 12.3. The zero-order valence-electron chi connectivity index (χ0n) is 10.6. The summed E-state index contributed by atoms with van der Waals surface area (Å²) in [6, 6.07) is 6.16. The third-order valence-electron chi connectivity index (χ3n) is 3.69. The minimum absolute atomic E-state index is 0.0822. The molecule has 0 bridgehead atoms. The molecular weight excluding hydrogens is 209 g/mol. The highest BCUT2D eigenvalue weighted by Crippen LogP contribution is 2.37. The Morgan fingerprint density at radius 2 is 2.06 bits per heavy atom. The van der Waals surface area contributed by atoms with E-state index in [0.717, 1.165) is 28.6 Å². The van der Waals surface area contributed by atoms with Crippen LogP contribution in [0.2, 0.25) is 0 Å². The molecule has 1 aromatic carbocycles. The van der Waals surface area contributed by atoms with E-state index < -0.39 is 0 Å². The highest BCUT2D eigenvalue weighted by Gasteiger charge is 2.33. The summed E-state index contributed by atoms with van der Waals surface area (Å²) in [4.78, 5) is 15.7. The summed E-state index contributed by atoms with van der Waals surface area (Å²) >= 11 is 0. The van der Waals surface area contributed by atoms with Crippen molar-refractivity contribution >= 4 is 30.0 Å². The van der Waals surface area contributed by atoms with Gasteiger partial charge in [0, 0.05) is 28.6 Å². The van der Waals surface area contributed by atoms with Crippen molar-refractivity contribution in [2.24, 2.45) is 5.41 Å². The highest BCUT2D eigenvalue weighted by atomic mass is 16.1. The Kier molecular flexibility index (Phi) is 2.03. The minimum Gasteiger partial charge on any atom is -0.358 e. The minimum atomic E-state index is 0.0822. The quantitative estimate of drug-likeness (QED) is 0.678. The molecule has 0 amide bonds. The predicted octanol–water partition coefficient (Wildman–Crippen LogP) is 1.58. The van der Waals surface area contributed by atoms with E-state index in [0.29, 0.717) is 6.42 Å². The van der Waals surface area contributed by atoms with E-state index in [1.54, 1.807) is 0 Å². The van der Waals surface area contributed by atoms with Gasteiger partial charge in [-0.25, -0.2) is 0 Å². The van der Waals surface area contributed by atoms with Crippen LogP contribution in [0.15, 0.2) is 18.2 Å². The van der Waals surface area contributed by atoms with Gasteiger partial charge >= 0.3 is 0 Å². The van der Waals surface area contributed by atoms with Crippen molar-refractivity contribution in [1.29, 1.82) is 0 Å². The zero-order chi connectivity index (χ0) is 12.2. The SMILES string of the molecule is Bc1cccc2c3c([nH]c12)CC(C)(C)CC3=O. The number of hydrogen-bond acceptors (Lipinski definition) is 1. The van der Waals surface area contributed by atoms with Crippen LogP contribution in [0.4, 0.5) is 0 Å². The van der Waals surface area contributed by atoms with Gasteiger partial charge in [0.2, 0.25) is 0 Å². The Morgan fingerprint density at radius 1 is 1.29 bits per heavy atom. The maximum Gasteiger partial charge on any atom is 0.165 e. The molecule has 0 unspecified atom stereocenters. The Morgan fingerprint density at radius 3 is 2.82 bits per heavy atom. The summed E-state index contributed by atoms with van der Waals surface area (Å²) in [5.41, 5.74) is 4.48. The summed E-state index contributed by atoms with van der Waals surface area (Å²) < 4.78 is 0. The van der Waals surface area contributed by atoms with Gasteiger partial charge in [-0.3, -0.25) is 4.79 Å². The molecular formula is C14H16BNO. The lowest BCUT2D eigenvalue weighted by molar-refractivity contribution is 0.0913. The second-order valence-corrected chi connectivity index (χ2v) is 5.92. The van der Waals surface area contributed by atoms with Gasteiger partial charge in [-0.1, -0.05) is 37.5 Å². The van der Waals surface area contributed by atoms with Crippen LogP contribution in [-0.2, 0) is 6.42 Å². The number of fused-ring (bicyclic) bond motifs is 3. The third-order valence-corrected chi connectivity index (χ3v) is 3.69. The zero-order valence-corrected chi connectivity index (χ0v) is 10.6. The molecule has 1 heterocycles. The van der Waals surface area contributed by atoms with Gasteiger partial charge in [-0.2, -0.15) is 0 Å². The largest absolute Gasteiger partial charge is 0.358 e. The lowest BCUT2D eigenvalue weighted by Gasteiger charge is -2.28. The van der Waals surface area contributed by atoms with Crippen molar-refractivity contribution in [1.82, 2.24) is 4.98 Å². The van der Waals surface area contributed by atoms with E-state index in [1.807, 2.05) is 12.1 Å².